The van der Waals surface area contributed by atoms with E-state index >= 15 is 0 Å². The summed E-state index contributed by atoms with van der Waals surface area (Å²) >= 11 is 1.36. The van der Waals surface area contributed by atoms with Crippen LogP contribution in [0.3, 0.4) is 0 Å². The third-order valence-corrected chi connectivity index (χ3v) is 5.17. The normalized spacial score (nSPS) is 20.3. The minimum Gasteiger partial charge on any atom is -0.374 e. The second kappa shape index (κ2) is 6.58. The molecule has 1 saturated heterocycles. The van der Waals surface area contributed by atoms with Crippen molar-refractivity contribution in [1.82, 2.24) is 5.32 Å². The van der Waals surface area contributed by atoms with Gasteiger partial charge in [-0.1, -0.05) is 18.2 Å². The number of ether oxygens (including phenoxy) is 1. The van der Waals surface area contributed by atoms with Crippen molar-refractivity contribution in [3.8, 4) is 0 Å². The molecular formula is C17H17F2N3OS. The Morgan fingerprint density at radius 3 is 2.67 bits per heavy atom. The Morgan fingerprint density at radius 2 is 1.88 bits per heavy atom. The Labute approximate surface area is 143 Å². The third kappa shape index (κ3) is 2.83. The molecule has 24 heavy (non-hydrogen) atoms. The second-order valence-electron chi connectivity index (χ2n) is 5.70. The Balaban J connectivity index is 1.64. The quantitative estimate of drug-likeness (QED) is 0.857. The van der Waals surface area contributed by atoms with Gasteiger partial charge in [-0.05, 0) is 24.3 Å². The molecule has 2 aromatic carbocycles. The highest BCUT2D eigenvalue weighted by Gasteiger charge is 2.32. The summed E-state index contributed by atoms with van der Waals surface area (Å²) in [4.78, 5) is 0. The second-order valence-corrected chi connectivity index (χ2v) is 6.66. The van der Waals surface area contributed by atoms with Crippen LogP contribution in [0.2, 0.25) is 0 Å². The van der Waals surface area contributed by atoms with Gasteiger partial charge in [-0.15, -0.1) is 0 Å². The molecule has 1 unspecified atom stereocenters. The van der Waals surface area contributed by atoms with Gasteiger partial charge in [0.05, 0.1) is 48.5 Å². The zero-order chi connectivity index (χ0) is 16.5. The summed E-state index contributed by atoms with van der Waals surface area (Å²) < 4.78 is 37.4. The Hall–Kier alpha value is -1.83. The maximum Gasteiger partial charge on any atom is 0.183 e. The zero-order valence-corrected chi connectivity index (χ0v) is 13.7. The number of fused-ring (bicyclic) bond motifs is 1. The maximum atomic E-state index is 14.2. The molecule has 1 N–H and O–H groups in total. The van der Waals surface area contributed by atoms with Crippen molar-refractivity contribution in [1.29, 1.82) is 0 Å². The molecule has 0 aromatic heterocycles. The molecule has 0 spiro atoms. The SMILES string of the molecule is Fc1cccc(N2SN(CC3CNCCO3)c3ccccc32)c1F. The summed E-state index contributed by atoms with van der Waals surface area (Å²) in [6.07, 6.45) is 0.0663. The fraction of sp³-hybridized carbons (Fsp3) is 0.294. The highest BCUT2D eigenvalue weighted by molar-refractivity contribution is 8.02. The molecule has 1 fully saturated rings. The van der Waals surface area contributed by atoms with E-state index in [-0.39, 0.29) is 11.8 Å². The van der Waals surface area contributed by atoms with E-state index in [0.29, 0.717) is 13.2 Å². The molecule has 0 amide bonds. The highest BCUT2D eigenvalue weighted by Crippen LogP contribution is 2.49. The van der Waals surface area contributed by atoms with Crippen molar-refractivity contribution in [3.63, 3.8) is 0 Å². The van der Waals surface area contributed by atoms with Gasteiger partial charge in [0.25, 0.3) is 0 Å². The van der Waals surface area contributed by atoms with Gasteiger partial charge in [0.15, 0.2) is 11.6 Å². The summed E-state index contributed by atoms with van der Waals surface area (Å²) in [7, 11) is 0. The molecule has 126 valence electrons. The lowest BCUT2D eigenvalue weighted by Gasteiger charge is -2.28. The monoisotopic (exact) mass is 349 g/mol. The largest absolute Gasteiger partial charge is 0.374 e. The van der Waals surface area contributed by atoms with Crippen molar-refractivity contribution < 1.29 is 13.5 Å². The van der Waals surface area contributed by atoms with Crippen LogP contribution in [0, 0.1) is 11.6 Å². The first-order chi connectivity index (χ1) is 11.7. The highest BCUT2D eigenvalue weighted by atomic mass is 32.2. The Bertz CT molecular complexity index is 740. The number of benzene rings is 2. The van der Waals surface area contributed by atoms with Crippen molar-refractivity contribution in [2.45, 2.75) is 6.10 Å². The molecule has 2 aliphatic rings. The first-order valence-corrected chi connectivity index (χ1v) is 8.58. The maximum absolute atomic E-state index is 14.2. The van der Waals surface area contributed by atoms with Crippen LogP contribution in [0.5, 0.6) is 0 Å². The van der Waals surface area contributed by atoms with E-state index in [1.165, 1.54) is 18.2 Å². The van der Waals surface area contributed by atoms with Gasteiger partial charge >= 0.3 is 0 Å². The van der Waals surface area contributed by atoms with Crippen LogP contribution < -0.4 is 13.9 Å². The van der Waals surface area contributed by atoms with Crippen molar-refractivity contribution in [2.24, 2.45) is 0 Å². The topological polar surface area (TPSA) is 27.7 Å². The van der Waals surface area contributed by atoms with E-state index in [9.17, 15) is 8.78 Å². The van der Waals surface area contributed by atoms with E-state index in [0.717, 1.165) is 30.5 Å². The first kappa shape index (κ1) is 15.7. The molecule has 0 radical (unpaired) electrons. The average molecular weight is 349 g/mol. The summed E-state index contributed by atoms with van der Waals surface area (Å²) in [6, 6.07) is 12.0. The molecule has 0 aliphatic carbocycles. The lowest BCUT2D eigenvalue weighted by Crippen LogP contribution is -2.43. The number of nitrogens with zero attached hydrogens (tertiary/aromatic N) is 2. The molecule has 0 saturated carbocycles. The van der Waals surface area contributed by atoms with Gasteiger partial charge < -0.3 is 10.1 Å². The van der Waals surface area contributed by atoms with Crippen molar-refractivity contribution in [2.75, 3.05) is 34.9 Å². The van der Waals surface area contributed by atoms with E-state index in [1.54, 1.807) is 10.4 Å². The molecule has 4 nitrogen and oxygen atoms in total. The smallest absolute Gasteiger partial charge is 0.183 e. The van der Waals surface area contributed by atoms with Crippen LogP contribution in [-0.4, -0.2) is 32.3 Å². The molecule has 0 bridgehead atoms. The standard InChI is InChI=1S/C17H17F2N3OS/c18-13-4-3-7-16(17(13)19)22-15-6-2-1-5-14(15)21(24-22)11-12-10-20-8-9-23-12/h1-7,12,20H,8-11H2. The van der Waals surface area contributed by atoms with Gasteiger partial charge in [-0.25, -0.2) is 8.78 Å². The minimum absolute atomic E-state index is 0.0663. The number of nitrogens with one attached hydrogen (secondary N) is 1. The third-order valence-electron chi connectivity index (χ3n) is 4.07. The summed E-state index contributed by atoms with van der Waals surface area (Å²) in [5.41, 5.74) is 2.04. The number of anilines is 3. The Morgan fingerprint density at radius 1 is 1.08 bits per heavy atom. The summed E-state index contributed by atoms with van der Waals surface area (Å²) in [5, 5.41) is 3.31. The van der Waals surface area contributed by atoms with Crippen LogP contribution in [0.1, 0.15) is 0 Å². The van der Waals surface area contributed by atoms with Crippen LogP contribution in [-0.2, 0) is 4.74 Å². The van der Waals surface area contributed by atoms with Gasteiger partial charge in [-0.2, -0.15) is 0 Å². The number of halogens is 2. The van der Waals surface area contributed by atoms with Crippen LogP contribution in [0.4, 0.5) is 25.8 Å². The van der Waals surface area contributed by atoms with E-state index < -0.39 is 11.6 Å². The lowest BCUT2D eigenvalue weighted by atomic mass is 10.2. The number of hydrogen-bond donors (Lipinski definition) is 1. The van der Waals surface area contributed by atoms with Gasteiger partial charge in [-0.3, -0.25) is 8.61 Å². The molecule has 4 rings (SSSR count). The molecule has 2 aromatic rings. The van der Waals surface area contributed by atoms with Crippen molar-refractivity contribution >= 4 is 29.2 Å². The zero-order valence-electron chi connectivity index (χ0n) is 12.9. The van der Waals surface area contributed by atoms with E-state index in [4.69, 9.17) is 4.74 Å². The predicted molar refractivity (Wildman–Crippen MR) is 92.5 cm³/mol. The van der Waals surface area contributed by atoms with E-state index in [2.05, 4.69) is 9.62 Å². The van der Waals surface area contributed by atoms with Crippen LogP contribution >= 0.6 is 12.1 Å². The molecule has 1 atom stereocenters. The minimum atomic E-state index is -0.844. The molecule has 7 heteroatoms. The molecule has 2 heterocycles. The van der Waals surface area contributed by atoms with Gasteiger partial charge in [0.2, 0.25) is 0 Å². The summed E-state index contributed by atoms with van der Waals surface area (Å²) in [6.45, 7) is 3.00. The van der Waals surface area contributed by atoms with Gasteiger partial charge in [0, 0.05) is 13.1 Å². The number of para-hydroxylation sites is 2. The number of rotatable bonds is 3. The van der Waals surface area contributed by atoms with Crippen molar-refractivity contribution in [3.05, 3.63) is 54.1 Å². The fourth-order valence-electron chi connectivity index (χ4n) is 2.91. The lowest BCUT2D eigenvalue weighted by molar-refractivity contribution is 0.0356. The number of morpholine rings is 1. The Kier molecular flexibility index (Phi) is 4.30. The molecular weight excluding hydrogens is 332 g/mol. The molecule has 2 aliphatic heterocycles. The average Bonchev–Trinajstić information content (AvgIpc) is 2.97. The number of hydrogen-bond acceptors (Lipinski definition) is 5. The first-order valence-electron chi connectivity index (χ1n) is 7.85. The van der Waals surface area contributed by atoms with Gasteiger partial charge in [0.1, 0.15) is 0 Å². The van der Waals surface area contributed by atoms with Crippen LogP contribution in [0.15, 0.2) is 42.5 Å². The van der Waals surface area contributed by atoms with Crippen LogP contribution in [0.25, 0.3) is 0 Å². The predicted octanol–water partition coefficient (Wildman–Crippen LogP) is 3.47. The summed E-state index contributed by atoms with van der Waals surface area (Å²) in [5.74, 6) is -1.68. The fourth-order valence-corrected chi connectivity index (χ4v) is 4.05. The van der Waals surface area contributed by atoms with E-state index in [1.807, 2.05) is 24.3 Å².